The third kappa shape index (κ3) is 4.41. The van der Waals surface area contributed by atoms with Crippen LogP contribution in [0.15, 0.2) is 102 Å². The second-order valence-corrected chi connectivity index (χ2v) is 9.53. The molecular formula is C30H23N5OS. The van der Waals surface area contributed by atoms with E-state index in [2.05, 4.69) is 26.3 Å². The number of pyridine rings is 1. The van der Waals surface area contributed by atoms with Crippen molar-refractivity contribution >= 4 is 50.4 Å². The Kier molecular flexibility index (Phi) is 6.04. The standard InChI is InChI=1S/C30H23N5OS/c1-20(34-28-27-29(32-18-31-28)37-19-33-27)25-17-23-12-8-11-22(16-15-21-9-4-2-5-10-21)26(23)30(36)35(25)24-13-6-3-7-14-24/h2-20H,1H3,(H,31,32,34)/t20-/m0/s1. The van der Waals surface area contributed by atoms with E-state index in [-0.39, 0.29) is 11.6 Å². The van der Waals surface area contributed by atoms with Crippen LogP contribution in [-0.4, -0.2) is 19.5 Å². The minimum atomic E-state index is -0.236. The molecule has 0 radical (unpaired) electrons. The maximum Gasteiger partial charge on any atom is 0.263 e. The van der Waals surface area contributed by atoms with Crippen molar-refractivity contribution in [2.75, 3.05) is 5.32 Å². The van der Waals surface area contributed by atoms with E-state index in [1.807, 2.05) is 97.9 Å². The van der Waals surface area contributed by atoms with Crippen molar-refractivity contribution in [3.05, 3.63) is 124 Å². The molecular weight excluding hydrogens is 478 g/mol. The van der Waals surface area contributed by atoms with Crippen LogP contribution >= 0.6 is 11.3 Å². The smallest absolute Gasteiger partial charge is 0.263 e. The van der Waals surface area contributed by atoms with Crippen LogP contribution < -0.4 is 10.9 Å². The number of anilines is 1. The maximum atomic E-state index is 14.2. The number of rotatable bonds is 6. The van der Waals surface area contributed by atoms with Crippen molar-refractivity contribution in [1.29, 1.82) is 0 Å². The van der Waals surface area contributed by atoms with Gasteiger partial charge in [0.2, 0.25) is 0 Å². The molecule has 0 saturated carbocycles. The van der Waals surface area contributed by atoms with E-state index in [1.54, 1.807) is 10.1 Å². The predicted octanol–water partition coefficient (Wildman–Crippen LogP) is 6.73. The number of benzene rings is 3. The Labute approximate surface area is 217 Å². The van der Waals surface area contributed by atoms with Crippen molar-refractivity contribution in [2.45, 2.75) is 13.0 Å². The molecule has 3 aromatic carbocycles. The van der Waals surface area contributed by atoms with Crippen LogP contribution in [0, 0.1) is 0 Å². The summed E-state index contributed by atoms with van der Waals surface area (Å²) in [7, 11) is 0. The van der Waals surface area contributed by atoms with Crippen LogP contribution in [0.5, 0.6) is 0 Å². The number of hydrogen-bond acceptors (Lipinski definition) is 6. The summed E-state index contributed by atoms with van der Waals surface area (Å²) in [5.41, 5.74) is 6.01. The second kappa shape index (κ2) is 9.79. The van der Waals surface area contributed by atoms with Gasteiger partial charge in [0.15, 0.2) is 5.82 Å². The molecule has 180 valence electrons. The van der Waals surface area contributed by atoms with Crippen molar-refractivity contribution in [3.63, 3.8) is 0 Å². The monoisotopic (exact) mass is 501 g/mol. The van der Waals surface area contributed by atoms with Crippen molar-refractivity contribution in [3.8, 4) is 5.69 Å². The Hall–Kier alpha value is -4.62. The van der Waals surface area contributed by atoms with Gasteiger partial charge in [0.05, 0.1) is 16.9 Å². The Morgan fingerprint density at radius 2 is 1.68 bits per heavy atom. The summed E-state index contributed by atoms with van der Waals surface area (Å²) >= 11 is 1.47. The fraction of sp³-hybridized carbons (Fsp3) is 0.0667. The molecule has 1 atom stereocenters. The molecule has 0 saturated heterocycles. The number of aromatic nitrogens is 4. The van der Waals surface area contributed by atoms with Gasteiger partial charge in [-0.25, -0.2) is 15.0 Å². The van der Waals surface area contributed by atoms with Gasteiger partial charge in [0.25, 0.3) is 5.56 Å². The molecule has 0 amide bonds. The fourth-order valence-corrected chi connectivity index (χ4v) is 5.17. The lowest BCUT2D eigenvalue weighted by Crippen LogP contribution is -2.26. The highest BCUT2D eigenvalue weighted by atomic mass is 32.1. The Balaban J connectivity index is 1.51. The molecule has 6 rings (SSSR count). The van der Waals surface area contributed by atoms with E-state index >= 15 is 0 Å². The van der Waals surface area contributed by atoms with Gasteiger partial charge in [0, 0.05) is 11.4 Å². The molecule has 0 aliphatic rings. The van der Waals surface area contributed by atoms with Crippen molar-refractivity contribution < 1.29 is 0 Å². The van der Waals surface area contributed by atoms with E-state index < -0.39 is 0 Å². The molecule has 0 fully saturated rings. The van der Waals surface area contributed by atoms with Crippen LogP contribution in [0.3, 0.4) is 0 Å². The van der Waals surface area contributed by atoms with Crippen molar-refractivity contribution in [2.24, 2.45) is 0 Å². The Morgan fingerprint density at radius 1 is 0.892 bits per heavy atom. The molecule has 3 aromatic heterocycles. The molecule has 0 aliphatic heterocycles. The lowest BCUT2D eigenvalue weighted by atomic mass is 10.0. The third-order valence-electron chi connectivity index (χ3n) is 6.31. The normalized spacial score (nSPS) is 12.4. The quantitative estimate of drug-likeness (QED) is 0.256. The van der Waals surface area contributed by atoms with Crippen molar-refractivity contribution in [1.82, 2.24) is 19.5 Å². The highest BCUT2D eigenvalue weighted by molar-refractivity contribution is 7.16. The number of para-hydroxylation sites is 1. The van der Waals surface area contributed by atoms with Crippen LogP contribution in [0.2, 0.25) is 0 Å². The van der Waals surface area contributed by atoms with Gasteiger partial charge in [-0.15, -0.1) is 11.3 Å². The molecule has 1 N–H and O–H groups in total. The minimum absolute atomic E-state index is 0.0674. The molecule has 3 heterocycles. The number of thiazole rings is 1. The summed E-state index contributed by atoms with van der Waals surface area (Å²) in [6.45, 7) is 2.03. The van der Waals surface area contributed by atoms with Crippen LogP contribution in [0.25, 0.3) is 39.0 Å². The number of hydrogen-bond donors (Lipinski definition) is 1. The first-order valence-corrected chi connectivity index (χ1v) is 12.8. The first-order chi connectivity index (χ1) is 18.2. The van der Waals surface area contributed by atoms with Crippen LogP contribution in [0.1, 0.15) is 29.8 Å². The van der Waals surface area contributed by atoms with E-state index in [1.165, 1.54) is 17.7 Å². The van der Waals surface area contributed by atoms with Gasteiger partial charge in [-0.1, -0.05) is 78.9 Å². The third-order valence-corrected chi connectivity index (χ3v) is 7.04. The van der Waals surface area contributed by atoms with Gasteiger partial charge < -0.3 is 5.32 Å². The van der Waals surface area contributed by atoms with Crippen LogP contribution in [0.4, 0.5) is 5.82 Å². The minimum Gasteiger partial charge on any atom is -0.360 e. The first-order valence-electron chi connectivity index (χ1n) is 12.0. The maximum absolute atomic E-state index is 14.2. The summed E-state index contributed by atoms with van der Waals surface area (Å²) in [5.74, 6) is 0.644. The van der Waals surface area contributed by atoms with E-state index in [4.69, 9.17) is 0 Å². The summed E-state index contributed by atoms with van der Waals surface area (Å²) in [6, 6.07) is 27.6. The summed E-state index contributed by atoms with van der Waals surface area (Å²) in [6.07, 6.45) is 5.58. The zero-order valence-corrected chi connectivity index (χ0v) is 20.9. The van der Waals surface area contributed by atoms with E-state index in [0.717, 1.165) is 38.2 Å². The lowest BCUT2D eigenvalue weighted by Gasteiger charge is -2.22. The highest BCUT2D eigenvalue weighted by Crippen LogP contribution is 2.28. The molecule has 0 spiro atoms. The van der Waals surface area contributed by atoms with Gasteiger partial charge in [0.1, 0.15) is 16.7 Å². The molecule has 0 unspecified atom stereocenters. The first kappa shape index (κ1) is 22.8. The molecule has 0 aliphatic carbocycles. The van der Waals surface area contributed by atoms with E-state index in [9.17, 15) is 4.79 Å². The predicted molar refractivity (Wildman–Crippen MR) is 152 cm³/mol. The summed E-state index contributed by atoms with van der Waals surface area (Å²) in [4.78, 5) is 28.1. The van der Waals surface area contributed by atoms with E-state index in [0.29, 0.717) is 11.2 Å². The molecule has 6 nitrogen and oxygen atoms in total. The zero-order valence-electron chi connectivity index (χ0n) is 20.1. The molecule has 0 bridgehead atoms. The van der Waals surface area contributed by atoms with Crippen LogP contribution in [-0.2, 0) is 0 Å². The average molecular weight is 502 g/mol. The van der Waals surface area contributed by atoms with Gasteiger partial charge >= 0.3 is 0 Å². The topological polar surface area (TPSA) is 72.7 Å². The number of nitrogens with zero attached hydrogens (tertiary/aromatic N) is 4. The fourth-order valence-electron chi connectivity index (χ4n) is 4.54. The highest BCUT2D eigenvalue weighted by Gasteiger charge is 2.19. The number of fused-ring (bicyclic) bond motifs is 2. The number of nitrogens with one attached hydrogen (secondary N) is 1. The zero-order chi connectivity index (χ0) is 25.2. The summed E-state index contributed by atoms with van der Waals surface area (Å²) in [5, 5.41) is 5.04. The van der Waals surface area contributed by atoms with Gasteiger partial charge in [-0.2, -0.15) is 0 Å². The Bertz CT molecular complexity index is 1790. The summed E-state index contributed by atoms with van der Waals surface area (Å²) < 4.78 is 1.79. The SMILES string of the molecule is C[C@H](Nc1ncnc2scnc12)c1cc2cccc(C=Cc3ccccc3)c2c(=O)n1-c1ccccc1. The Morgan fingerprint density at radius 3 is 2.49 bits per heavy atom. The second-order valence-electron chi connectivity index (χ2n) is 8.70. The van der Waals surface area contributed by atoms with Gasteiger partial charge in [-0.3, -0.25) is 9.36 Å². The lowest BCUT2D eigenvalue weighted by molar-refractivity contribution is 0.774. The van der Waals surface area contributed by atoms with Gasteiger partial charge in [-0.05, 0) is 41.6 Å². The molecule has 7 heteroatoms. The molecule has 37 heavy (non-hydrogen) atoms. The largest absolute Gasteiger partial charge is 0.360 e. The average Bonchev–Trinajstić information content (AvgIpc) is 3.43. The molecule has 6 aromatic rings.